The number of nitrogens with zero attached hydrogens (tertiary/aromatic N) is 5. The van der Waals surface area contributed by atoms with Gasteiger partial charge in [0, 0.05) is 6.07 Å². The van der Waals surface area contributed by atoms with Crippen molar-refractivity contribution < 1.29 is 23.4 Å². The quantitative estimate of drug-likeness (QED) is 0.348. The van der Waals surface area contributed by atoms with E-state index in [2.05, 4.69) is 15.2 Å². The number of Topliss-reactive ketones (excluding diaryl/α,β-unsaturated/α-hetero) is 1. The Kier molecular flexibility index (Phi) is 4.94. The molecule has 0 unspecified atom stereocenters. The average Bonchev–Trinajstić information content (AvgIpc) is 3.49. The highest BCUT2D eigenvalue weighted by Gasteiger charge is 2.17. The monoisotopic (exact) mass is 453 g/mol. The van der Waals surface area contributed by atoms with E-state index in [1.54, 1.807) is 46.7 Å². The highest BCUT2D eigenvalue weighted by atomic mass is 32.1. The van der Waals surface area contributed by atoms with Crippen LogP contribution in [-0.2, 0) is 0 Å². The Labute approximate surface area is 184 Å². The summed E-state index contributed by atoms with van der Waals surface area (Å²) in [5.41, 5.74) is 1.77. The minimum atomic E-state index is -0.589. The molecule has 0 aliphatic heterocycles. The van der Waals surface area contributed by atoms with E-state index >= 15 is 0 Å². The van der Waals surface area contributed by atoms with Gasteiger partial charge in [0.1, 0.15) is 34.2 Å². The second kappa shape index (κ2) is 7.93. The van der Waals surface area contributed by atoms with Crippen LogP contribution in [0.25, 0.3) is 21.9 Å². The van der Waals surface area contributed by atoms with E-state index in [0.717, 1.165) is 0 Å². The second-order valence-electron chi connectivity index (χ2n) is 6.72. The normalized spacial score (nSPS) is 11.2. The number of ether oxygens (including phenoxy) is 3. The van der Waals surface area contributed by atoms with Crippen LogP contribution in [0.4, 0.5) is 4.39 Å². The molecule has 0 saturated heterocycles. The molecule has 0 bridgehead atoms. The van der Waals surface area contributed by atoms with E-state index in [0.29, 0.717) is 38.6 Å². The number of ketones is 1. The van der Waals surface area contributed by atoms with Crippen molar-refractivity contribution >= 4 is 27.6 Å². The fourth-order valence-corrected chi connectivity index (χ4v) is 3.89. The number of fused-ring (bicyclic) bond motifs is 2. The Morgan fingerprint density at radius 3 is 2.66 bits per heavy atom. The molecule has 5 aromatic rings. The van der Waals surface area contributed by atoms with Crippen molar-refractivity contribution in [2.24, 2.45) is 0 Å². The highest BCUT2D eigenvalue weighted by molar-refractivity contribution is 7.18. The minimum absolute atomic E-state index is 0.0263. The van der Waals surface area contributed by atoms with Gasteiger partial charge in [-0.05, 0) is 29.5 Å². The molecule has 0 saturated carbocycles. The zero-order valence-corrected chi connectivity index (χ0v) is 17.8. The van der Waals surface area contributed by atoms with Gasteiger partial charge in [-0.3, -0.25) is 4.79 Å². The standard InChI is InChI=1S/C21H16FN5O4S/c1-29-12-7-19(31-11-18(28)13-5-3-4-6-14(13)22)17-8-15(24-26(17)9-12)16-10-27-20(23-16)32-21(25-27)30-2/h3-10H,11H2,1-2H3. The number of pyridine rings is 1. The summed E-state index contributed by atoms with van der Waals surface area (Å²) in [4.78, 5) is 17.6. The first-order valence-electron chi connectivity index (χ1n) is 9.44. The first-order valence-corrected chi connectivity index (χ1v) is 10.3. The third-order valence-corrected chi connectivity index (χ3v) is 5.63. The molecular formula is C21H16FN5O4S. The third kappa shape index (κ3) is 3.52. The molecule has 0 radical (unpaired) electrons. The number of aromatic nitrogens is 5. The van der Waals surface area contributed by atoms with Crippen molar-refractivity contribution in [3.63, 3.8) is 0 Å². The SMILES string of the molecule is COc1cc(OCC(=O)c2ccccc2F)c2cc(-c3cn4nc(OC)sc4n3)nn2c1. The lowest BCUT2D eigenvalue weighted by molar-refractivity contribution is 0.0918. The molecule has 4 heterocycles. The van der Waals surface area contributed by atoms with Crippen molar-refractivity contribution in [2.45, 2.75) is 0 Å². The largest absolute Gasteiger partial charge is 0.495 e. The molecule has 0 aliphatic carbocycles. The van der Waals surface area contributed by atoms with Gasteiger partial charge in [0.25, 0.3) is 5.19 Å². The Balaban J connectivity index is 1.48. The molecule has 0 fully saturated rings. The molecule has 5 rings (SSSR count). The van der Waals surface area contributed by atoms with Gasteiger partial charge in [0.15, 0.2) is 6.61 Å². The van der Waals surface area contributed by atoms with Gasteiger partial charge in [-0.1, -0.05) is 12.1 Å². The van der Waals surface area contributed by atoms with E-state index < -0.39 is 11.6 Å². The van der Waals surface area contributed by atoms with Gasteiger partial charge in [0.2, 0.25) is 10.7 Å². The molecular weight excluding hydrogens is 437 g/mol. The first kappa shape index (κ1) is 19.9. The molecule has 162 valence electrons. The van der Waals surface area contributed by atoms with Crippen LogP contribution in [0.5, 0.6) is 16.7 Å². The van der Waals surface area contributed by atoms with Crippen LogP contribution in [0, 0.1) is 5.82 Å². The van der Waals surface area contributed by atoms with Crippen LogP contribution >= 0.6 is 11.3 Å². The number of rotatable bonds is 7. The summed E-state index contributed by atoms with van der Waals surface area (Å²) in [6, 6.07) is 9.22. The molecule has 9 nitrogen and oxygen atoms in total. The van der Waals surface area contributed by atoms with Gasteiger partial charge >= 0.3 is 0 Å². The zero-order valence-electron chi connectivity index (χ0n) is 17.0. The predicted molar refractivity (Wildman–Crippen MR) is 114 cm³/mol. The van der Waals surface area contributed by atoms with Gasteiger partial charge in [-0.2, -0.15) is 5.10 Å². The zero-order chi connectivity index (χ0) is 22.2. The number of carbonyl (C=O) groups is 1. The highest BCUT2D eigenvalue weighted by Crippen LogP contribution is 2.31. The van der Waals surface area contributed by atoms with E-state index in [4.69, 9.17) is 14.2 Å². The molecule has 4 aromatic heterocycles. The Morgan fingerprint density at radius 2 is 1.91 bits per heavy atom. The summed E-state index contributed by atoms with van der Waals surface area (Å²) < 4.78 is 33.3. The molecule has 0 spiro atoms. The van der Waals surface area contributed by atoms with Crippen LogP contribution in [0.3, 0.4) is 0 Å². The van der Waals surface area contributed by atoms with Gasteiger partial charge in [0.05, 0.1) is 32.2 Å². The molecule has 0 amide bonds. The maximum absolute atomic E-state index is 13.9. The lowest BCUT2D eigenvalue weighted by Gasteiger charge is -2.09. The van der Waals surface area contributed by atoms with E-state index in [9.17, 15) is 9.18 Å². The minimum Gasteiger partial charge on any atom is -0.495 e. The lowest BCUT2D eigenvalue weighted by atomic mass is 10.1. The maximum Gasteiger partial charge on any atom is 0.294 e. The smallest absolute Gasteiger partial charge is 0.294 e. The molecule has 0 N–H and O–H groups in total. The first-order chi connectivity index (χ1) is 15.6. The lowest BCUT2D eigenvalue weighted by Crippen LogP contribution is -2.13. The fraction of sp³-hybridized carbons (Fsp3) is 0.143. The summed E-state index contributed by atoms with van der Waals surface area (Å²) in [6.45, 7) is -0.339. The molecule has 0 aliphatic rings. The van der Waals surface area contributed by atoms with Gasteiger partial charge < -0.3 is 14.2 Å². The maximum atomic E-state index is 13.9. The topological polar surface area (TPSA) is 92.2 Å². The summed E-state index contributed by atoms with van der Waals surface area (Å²) in [5, 5.41) is 9.32. The number of imidazole rings is 1. The average molecular weight is 453 g/mol. The number of carbonyl (C=O) groups excluding carboxylic acids is 1. The number of hydrogen-bond acceptors (Lipinski definition) is 8. The van der Waals surface area contributed by atoms with Crippen molar-refractivity contribution in [3.8, 4) is 28.1 Å². The summed E-state index contributed by atoms with van der Waals surface area (Å²) in [5.74, 6) is -0.210. The Bertz CT molecular complexity index is 1430. The number of hydrogen-bond donors (Lipinski definition) is 0. The van der Waals surface area contributed by atoms with E-state index in [1.807, 2.05) is 0 Å². The Morgan fingerprint density at radius 1 is 1.06 bits per heavy atom. The van der Waals surface area contributed by atoms with E-state index in [-0.39, 0.29) is 12.2 Å². The predicted octanol–water partition coefficient (Wildman–Crippen LogP) is 3.52. The fourth-order valence-electron chi connectivity index (χ4n) is 3.19. The van der Waals surface area contributed by atoms with Gasteiger partial charge in [-0.25, -0.2) is 18.4 Å². The molecule has 0 atom stereocenters. The van der Waals surface area contributed by atoms with E-state index in [1.165, 1.54) is 36.6 Å². The summed E-state index contributed by atoms with van der Waals surface area (Å²) in [6.07, 6.45) is 3.43. The summed E-state index contributed by atoms with van der Waals surface area (Å²) >= 11 is 1.31. The summed E-state index contributed by atoms with van der Waals surface area (Å²) in [7, 11) is 3.07. The number of methoxy groups -OCH3 is 2. The second-order valence-corrected chi connectivity index (χ2v) is 7.64. The van der Waals surface area contributed by atoms with Crippen LogP contribution in [0.15, 0.2) is 48.8 Å². The van der Waals surface area contributed by atoms with Crippen molar-refractivity contribution in [3.05, 3.63) is 60.2 Å². The van der Waals surface area contributed by atoms with Crippen LogP contribution < -0.4 is 14.2 Å². The molecule has 1 aromatic carbocycles. The third-order valence-electron chi connectivity index (χ3n) is 4.74. The van der Waals surface area contributed by atoms with Crippen LogP contribution in [0.1, 0.15) is 10.4 Å². The van der Waals surface area contributed by atoms with Crippen LogP contribution in [-0.4, -0.2) is 50.8 Å². The van der Waals surface area contributed by atoms with Crippen molar-refractivity contribution in [2.75, 3.05) is 20.8 Å². The molecule has 32 heavy (non-hydrogen) atoms. The number of benzene rings is 1. The van der Waals surface area contributed by atoms with Crippen LogP contribution in [0.2, 0.25) is 0 Å². The van der Waals surface area contributed by atoms with Crippen molar-refractivity contribution in [1.29, 1.82) is 0 Å². The molecule has 11 heteroatoms. The number of halogens is 1. The Hall–Kier alpha value is -3.99. The van der Waals surface area contributed by atoms with Crippen molar-refractivity contribution in [1.82, 2.24) is 24.2 Å². The van der Waals surface area contributed by atoms with Gasteiger partial charge in [-0.15, -0.1) is 5.10 Å².